The number of nitrogens with zero attached hydrogens (tertiary/aromatic N) is 1. The van der Waals surface area contributed by atoms with Crippen molar-refractivity contribution in [2.24, 2.45) is 5.92 Å². The zero-order valence-electron chi connectivity index (χ0n) is 11.8. The summed E-state index contributed by atoms with van der Waals surface area (Å²) in [6.07, 6.45) is 1.77. The standard InChI is InChI=1S/C13H19ClFN3O2S/c1-16-8-10-4-3-7-18(9-10)21(19,20)17-13-11(14)5-2-6-12(13)15/h2,5-6,10,16-17H,3-4,7-9H2,1H3. The van der Waals surface area contributed by atoms with Crippen LogP contribution in [0.15, 0.2) is 18.2 Å². The molecule has 118 valence electrons. The molecule has 1 aliphatic heterocycles. The average molecular weight is 336 g/mol. The van der Waals surface area contributed by atoms with E-state index in [1.54, 1.807) is 0 Å². The van der Waals surface area contributed by atoms with E-state index in [9.17, 15) is 12.8 Å². The first-order valence-electron chi connectivity index (χ1n) is 6.80. The van der Waals surface area contributed by atoms with Gasteiger partial charge in [0.05, 0.1) is 5.02 Å². The molecule has 1 aliphatic rings. The molecule has 1 unspecified atom stereocenters. The van der Waals surface area contributed by atoms with Gasteiger partial charge in [0.2, 0.25) is 0 Å². The average Bonchev–Trinajstić information content (AvgIpc) is 2.44. The van der Waals surface area contributed by atoms with Crippen LogP contribution in [-0.2, 0) is 10.2 Å². The van der Waals surface area contributed by atoms with Gasteiger partial charge in [0.1, 0.15) is 11.5 Å². The molecule has 2 N–H and O–H groups in total. The van der Waals surface area contributed by atoms with E-state index in [4.69, 9.17) is 11.6 Å². The minimum Gasteiger partial charge on any atom is -0.319 e. The molecule has 1 atom stereocenters. The van der Waals surface area contributed by atoms with Crippen molar-refractivity contribution < 1.29 is 12.8 Å². The highest BCUT2D eigenvalue weighted by Gasteiger charge is 2.29. The van der Waals surface area contributed by atoms with E-state index < -0.39 is 16.0 Å². The number of piperidine rings is 1. The Bertz CT molecular complexity index is 575. The van der Waals surface area contributed by atoms with Gasteiger partial charge in [-0.3, -0.25) is 4.72 Å². The second kappa shape index (κ2) is 6.91. The Balaban J connectivity index is 2.14. The van der Waals surface area contributed by atoms with E-state index in [0.717, 1.165) is 19.4 Å². The monoisotopic (exact) mass is 335 g/mol. The smallest absolute Gasteiger partial charge is 0.301 e. The molecular formula is C13H19ClFN3O2S. The molecule has 8 heteroatoms. The lowest BCUT2D eigenvalue weighted by molar-refractivity contribution is 0.264. The van der Waals surface area contributed by atoms with Crippen LogP contribution in [0.3, 0.4) is 0 Å². The summed E-state index contributed by atoms with van der Waals surface area (Å²) in [5, 5.41) is 3.10. The van der Waals surface area contributed by atoms with Gasteiger partial charge in [-0.1, -0.05) is 17.7 Å². The molecule has 0 aliphatic carbocycles. The fraction of sp³-hybridized carbons (Fsp3) is 0.538. The predicted molar refractivity (Wildman–Crippen MR) is 82.2 cm³/mol. The summed E-state index contributed by atoms with van der Waals surface area (Å²) in [6.45, 7) is 1.61. The molecular weight excluding hydrogens is 317 g/mol. The number of para-hydroxylation sites is 1. The highest BCUT2D eigenvalue weighted by Crippen LogP contribution is 2.27. The van der Waals surface area contributed by atoms with E-state index in [-0.39, 0.29) is 16.6 Å². The lowest BCUT2D eigenvalue weighted by Crippen LogP contribution is -2.44. The van der Waals surface area contributed by atoms with Crippen LogP contribution < -0.4 is 10.0 Å². The topological polar surface area (TPSA) is 61.4 Å². The van der Waals surface area contributed by atoms with Gasteiger partial charge >= 0.3 is 10.2 Å². The number of anilines is 1. The maximum atomic E-state index is 13.7. The fourth-order valence-corrected chi connectivity index (χ4v) is 4.13. The van der Waals surface area contributed by atoms with E-state index in [2.05, 4.69) is 10.0 Å². The third-order valence-electron chi connectivity index (χ3n) is 3.51. The van der Waals surface area contributed by atoms with Crippen molar-refractivity contribution in [3.63, 3.8) is 0 Å². The van der Waals surface area contributed by atoms with Gasteiger partial charge in [-0.05, 0) is 44.5 Å². The molecule has 0 spiro atoms. The Morgan fingerprint density at radius 1 is 1.48 bits per heavy atom. The Labute approximate surface area is 129 Å². The Hall–Kier alpha value is -0.890. The van der Waals surface area contributed by atoms with Crippen molar-refractivity contribution in [2.75, 3.05) is 31.4 Å². The first-order valence-corrected chi connectivity index (χ1v) is 8.62. The zero-order valence-corrected chi connectivity index (χ0v) is 13.3. The largest absolute Gasteiger partial charge is 0.319 e. The van der Waals surface area contributed by atoms with Crippen LogP contribution in [0.25, 0.3) is 0 Å². The number of hydrogen-bond donors (Lipinski definition) is 2. The maximum absolute atomic E-state index is 13.7. The first kappa shape index (κ1) is 16.5. The van der Waals surface area contributed by atoms with Crippen LogP contribution in [0.1, 0.15) is 12.8 Å². The van der Waals surface area contributed by atoms with Gasteiger partial charge in [0.25, 0.3) is 0 Å². The molecule has 0 amide bonds. The molecule has 1 aromatic rings. The number of nitrogens with one attached hydrogen (secondary N) is 2. The summed E-state index contributed by atoms with van der Waals surface area (Å²) in [5.74, 6) is -0.425. The van der Waals surface area contributed by atoms with E-state index in [1.807, 2.05) is 7.05 Å². The summed E-state index contributed by atoms with van der Waals surface area (Å²) in [7, 11) is -1.96. The first-order chi connectivity index (χ1) is 9.94. The Morgan fingerprint density at radius 3 is 2.90 bits per heavy atom. The van der Waals surface area contributed by atoms with Crippen molar-refractivity contribution in [1.29, 1.82) is 0 Å². The summed E-state index contributed by atoms with van der Waals surface area (Å²) < 4.78 is 42.1. The Morgan fingerprint density at radius 2 is 2.24 bits per heavy atom. The van der Waals surface area contributed by atoms with E-state index in [0.29, 0.717) is 13.1 Å². The highest BCUT2D eigenvalue weighted by molar-refractivity contribution is 7.90. The molecule has 0 radical (unpaired) electrons. The summed E-state index contributed by atoms with van der Waals surface area (Å²) >= 11 is 5.86. The minimum atomic E-state index is -3.80. The second-order valence-corrected chi connectivity index (χ2v) is 7.21. The van der Waals surface area contributed by atoms with Gasteiger partial charge < -0.3 is 5.32 Å². The third kappa shape index (κ3) is 4.06. The minimum absolute atomic E-state index is 0.0439. The van der Waals surface area contributed by atoms with Crippen LogP contribution in [0.2, 0.25) is 5.02 Å². The molecule has 1 saturated heterocycles. The van der Waals surface area contributed by atoms with E-state index in [1.165, 1.54) is 22.5 Å². The predicted octanol–water partition coefficient (Wildman–Crippen LogP) is 2.07. The van der Waals surface area contributed by atoms with Crippen LogP contribution in [0, 0.1) is 11.7 Å². The summed E-state index contributed by atoms with van der Waals surface area (Å²) in [5.41, 5.74) is -0.199. The highest BCUT2D eigenvalue weighted by atomic mass is 35.5. The van der Waals surface area contributed by atoms with Gasteiger partial charge in [-0.25, -0.2) is 4.39 Å². The molecule has 0 bridgehead atoms. The lowest BCUT2D eigenvalue weighted by Gasteiger charge is -2.32. The third-order valence-corrected chi connectivity index (χ3v) is 5.30. The van der Waals surface area contributed by atoms with Crippen LogP contribution >= 0.6 is 11.6 Å². The number of benzene rings is 1. The van der Waals surface area contributed by atoms with Crippen molar-refractivity contribution in [2.45, 2.75) is 12.8 Å². The molecule has 0 aromatic heterocycles. The molecule has 0 saturated carbocycles. The van der Waals surface area contributed by atoms with Crippen molar-refractivity contribution in [3.05, 3.63) is 29.0 Å². The molecule has 5 nitrogen and oxygen atoms in total. The molecule has 2 rings (SSSR count). The second-order valence-electron chi connectivity index (χ2n) is 5.13. The Kier molecular flexibility index (Phi) is 5.43. The quantitative estimate of drug-likeness (QED) is 0.866. The molecule has 1 aromatic carbocycles. The maximum Gasteiger partial charge on any atom is 0.301 e. The number of halogens is 2. The molecule has 1 fully saturated rings. The van der Waals surface area contributed by atoms with E-state index >= 15 is 0 Å². The van der Waals surface area contributed by atoms with Gasteiger partial charge in [0.15, 0.2) is 0 Å². The van der Waals surface area contributed by atoms with Gasteiger partial charge in [-0.2, -0.15) is 12.7 Å². The number of rotatable bonds is 5. The van der Waals surface area contributed by atoms with Crippen LogP contribution in [0.5, 0.6) is 0 Å². The number of hydrogen-bond acceptors (Lipinski definition) is 3. The van der Waals surface area contributed by atoms with Gasteiger partial charge in [0, 0.05) is 13.1 Å². The molecule has 1 heterocycles. The summed E-state index contributed by atoms with van der Waals surface area (Å²) in [4.78, 5) is 0. The van der Waals surface area contributed by atoms with Crippen LogP contribution in [0.4, 0.5) is 10.1 Å². The van der Waals surface area contributed by atoms with Crippen molar-refractivity contribution in [1.82, 2.24) is 9.62 Å². The zero-order chi connectivity index (χ0) is 15.5. The van der Waals surface area contributed by atoms with Crippen molar-refractivity contribution in [3.8, 4) is 0 Å². The van der Waals surface area contributed by atoms with Crippen LogP contribution in [-0.4, -0.2) is 39.4 Å². The normalized spacial score (nSPS) is 20.4. The SMILES string of the molecule is CNCC1CCCN(S(=O)(=O)Nc2c(F)cccc2Cl)C1. The van der Waals surface area contributed by atoms with Gasteiger partial charge in [-0.15, -0.1) is 0 Å². The lowest BCUT2D eigenvalue weighted by atomic mass is 10.00. The summed E-state index contributed by atoms with van der Waals surface area (Å²) in [6, 6.07) is 4.05. The fourth-order valence-electron chi connectivity index (χ4n) is 2.49. The molecule has 21 heavy (non-hydrogen) atoms. The van der Waals surface area contributed by atoms with Crippen molar-refractivity contribution >= 4 is 27.5 Å².